The molecule has 0 saturated carbocycles. The van der Waals surface area contributed by atoms with Crippen LogP contribution in [0.5, 0.6) is 0 Å². The van der Waals surface area contributed by atoms with Gasteiger partial charge in [-0.2, -0.15) is 5.10 Å². The van der Waals surface area contributed by atoms with Crippen molar-refractivity contribution in [1.29, 1.82) is 0 Å². The van der Waals surface area contributed by atoms with Crippen LogP contribution in [0.4, 0.5) is 11.4 Å². The lowest BCUT2D eigenvalue weighted by Gasteiger charge is -2.25. The normalized spacial score (nSPS) is 10.7. The molecule has 2 aromatic carbocycles. The lowest BCUT2D eigenvalue weighted by atomic mass is 10.1. The maximum absolute atomic E-state index is 4.23. The average Bonchev–Trinajstić information content (AvgIpc) is 3.12. The van der Waals surface area contributed by atoms with Crippen LogP contribution in [0.1, 0.15) is 25.3 Å². The Balaban J connectivity index is 1.85. The monoisotopic (exact) mass is 306 g/mol. The van der Waals surface area contributed by atoms with E-state index in [1.807, 2.05) is 10.7 Å². The van der Waals surface area contributed by atoms with E-state index in [0.29, 0.717) is 6.67 Å². The van der Waals surface area contributed by atoms with Gasteiger partial charge in [0.1, 0.15) is 19.3 Å². The first kappa shape index (κ1) is 15.3. The molecule has 0 saturated heterocycles. The third kappa shape index (κ3) is 3.97. The van der Waals surface area contributed by atoms with E-state index < -0.39 is 0 Å². The molecule has 0 bridgehead atoms. The van der Waals surface area contributed by atoms with Gasteiger partial charge < -0.3 is 4.90 Å². The Kier molecular flexibility index (Phi) is 5.04. The number of hydrogen-bond acceptors (Lipinski definition) is 3. The molecule has 118 valence electrons. The topological polar surface area (TPSA) is 34.0 Å². The van der Waals surface area contributed by atoms with Gasteiger partial charge >= 0.3 is 0 Å². The largest absolute Gasteiger partial charge is 0.321 e. The van der Waals surface area contributed by atoms with E-state index in [2.05, 4.69) is 70.4 Å². The van der Waals surface area contributed by atoms with E-state index in [1.165, 1.54) is 18.4 Å². The summed E-state index contributed by atoms with van der Waals surface area (Å²) in [5.41, 5.74) is 3.70. The first-order chi connectivity index (χ1) is 11.4. The fourth-order valence-electron chi connectivity index (χ4n) is 2.59. The summed E-state index contributed by atoms with van der Waals surface area (Å²) in [6.45, 7) is 2.86. The van der Waals surface area contributed by atoms with Crippen molar-refractivity contribution in [2.24, 2.45) is 0 Å². The van der Waals surface area contributed by atoms with Gasteiger partial charge in [0, 0.05) is 11.4 Å². The molecule has 0 aliphatic rings. The molecule has 0 radical (unpaired) electrons. The molecular formula is C19H22N4. The molecule has 1 aromatic heterocycles. The minimum Gasteiger partial charge on any atom is -0.321 e. The molecule has 0 spiro atoms. The molecule has 3 aromatic rings. The number of hydrogen-bond donors (Lipinski definition) is 0. The van der Waals surface area contributed by atoms with Gasteiger partial charge in [-0.3, -0.25) is 0 Å². The predicted molar refractivity (Wildman–Crippen MR) is 93.7 cm³/mol. The summed E-state index contributed by atoms with van der Waals surface area (Å²) in [5.74, 6) is 0. The summed E-state index contributed by atoms with van der Waals surface area (Å²) in [6.07, 6.45) is 6.92. The van der Waals surface area contributed by atoms with E-state index in [-0.39, 0.29) is 0 Å². The summed E-state index contributed by atoms with van der Waals surface area (Å²) in [6, 6.07) is 19.2. The summed E-state index contributed by atoms with van der Waals surface area (Å²) >= 11 is 0. The summed E-state index contributed by atoms with van der Waals surface area (Å²) in [4.78, 5) is 6.27. The first-order valence-corrected chi connectivity index (χ1v) is 8.11. The number of rotatable bonds is 7. The lowest BCUT2D eigenvalue weighted by Crippen LogP contribution is -2.21. The van der Waals surface area contributed by atoms with Crippen molar-refractivity contribution in [3.8, 4) is 0 Å². The van der Waals surface area contributed by atoms with E-state index in [9.17, 15) is 0 Å². The predicted octanol–water partition coefficient (Wildman–Crippen LogP) is 4.42. The van der Waals surface area contributed by atoms with Crippen LogP contribution in [0.2, 0.25) is 0 Å². The van der Waals surface area contributed by atoms with Crippen molar-refractivity contribution in [2.45, 2.75) is 32.9 Å². The maximum Gasteiger partial charge on any atom is 0.137 e. The van der Waals surface area contributed by atoms with Gasteiger partial charge in [-0.05, 0) is 42.7 Å². The van der Waals surface area contributed by atoms with Crippen molar-refractivity contribution in [2.75, 3.05) is 4.90 Å². The van der Waals surface area contributed by atoms with Crippen LogP contribution in [0, 0.1) is 0 Å². The Labute approximate surface area is 137 Å². The lowest BCUT2D eigenvalue weighted by molar-refractivity contribution is 0.621. The minimum absolute atomic E-state index is 0.637. The molecule has 4 heteroatoms. The van der Waals surface area contributed by atoms with Crippen LogP contribution in [0.25, 0.3) is 0 Å². The fraction of sp³-hybridized carbons (Fsp3) is 0.263. The SMILES string of the molecule is CCCCc1ccc(N(Cn2cncn2)c2ccccc2)cc1. The highest BCUT2D eigenvalue weighted by molar-refractivity contribution is 5.62. The zero-order chi connectivity index (χ0) is 15.9. The number of unbranched alkanes of at least 4 members (excludes halogenated alkanes) is 1. The second kappa shape index (κ2) is 7.58. The molecule has 0 unspecified atom stereocenters. The van der Waals surface area contributed by atoms with E-state index in [4.69, 9.17) is 0 Å². The zero-order valence-electron chi connectivity index (χ0n) is 13.5. The number of para-hydroxylation sites is 1. The van der Waals surface area contributed by atoms with Crippen LogP contribution in [-0.2, 0) is 13.1 Å². The van der Waals surface area contributed by atoms with Crippen LogP contribution < -0.4 is 4.90 Å². The van der Waals surface area contributed by atoms with Gasteiger partial charge in [0.25, 0.3) is 0 Å². The van der Waals surface area contributed by atoms with E-state index >= 15 is 0 Å². The number of aromatic nitrogens is 3. The molecule has 23 heavy (non-hydrogen) atoms. The van der Waals surface area contributed by atoms with Gasteiger partial charge in [0.2, 0.25) is 0 Å². The molecule has 3 rings (SSSR count). The molecule has 0 N–H and O–H groups in total. The Hall–Kier alpha value is -2.62. The Morgan fingerprint density at radius 3 is 2.35 bits per heavy atom. The van der Waals surface area contributed by atoms with Gasteiger partial charge in [0.15, 0.2) is 0 Å². The van der Waals surface area contributed by atoms with Gasteiger partial charge in [-0.25, -0.2) is 9.67 Å². The third-order valence-electron chi connectivity index (χ3n) is 3.89. The molecule has 0 fully saturated rings. The maximum atomic E-state index is 4.23. The highest BCUT2D eigenvalue weighted by atomic mass is 15.4. The number of anilines is 2. The van der Waals surface area contributed by atoms with Crippen LogP contribution in [0.3, 0.4) is 0 Å². The molecule has 0 amide bonds. The molecular weight excluding hydrogens is 284 g/mol. The zero-order valence-corrected chi connectivity index (χ0v) is 13.5. The first-order valence-electron chi connectivity index (χ1n) is 8.11. The van der Waals surface area contributed by atoms with Crippen LogP contribution >= 0.6 is 0 Å². The molecule has 4 nitrogen and oxygen atoms in total. The quantitative estimate of drug-likeness (QED) is 0.648. The average molecular weight is 306 g/mol. The van der Waals surface area contributed by atoms with Crippen molar-refractivity contribution in [3.63, 3.8) is 0 Å². The van der Waals surface area contributed by atoms with Crippen LogP contribution in [0.15, 0.2) is 67.3 Å². The summed E-state index contributed by atoms with van der Waals surface area (Å²) < 4.78 is 1.83. The second-order valence-corrected chi connectivity index (χ2v) is 5.61. The van der Waals surface area contributed by atoms with Crippen LogP contribution in [-0.4, -0.2) is 14.8 Å². The van der Waals surface area contributed by atoms with Crippen molar-refractivity contribution >= 4 is 11.4 Å². The molecule has 1 heterocycles. The Morgan fingerprint density at radius 1 is 0.957 bits per heavy atom. The highest BCUT2D eigenvalue weighted by Gasteiger charge is 2.10. The molecule has 0 atom stereocenters. The summed E-state index contributed by atoms with van der Waals surface area (Å²) in [7, 11) is 0. The minimum atomic E-state index is 0.637. The smallest absolute Gasteiger partial charge is 0.137 e. The van der Waals surface area contributed by atoms with Crippen molar-refractivity contribution < 1.29 is 0 Å². The number of nitrogens with zero attached hydrogens (tertiary/aromatic N) is 4. The number of aryl methyl sites for hydroxylation is 1. The highest BCUT2D eigenvalue weighted by Crippen LogP contribution is 2.26. The van der Waals surface area contributed by atoms with E-state index in [1.54, 1.807) is 12.7 Å². The van der Waals surface area contributed by atoms with Crippen molar-refractivity contribution in [3.05, 3.63) is 72.8 Å². The second-order valence-electron chi connectivity index (χ2n) is 5.61. The van der Waals surface area contributed by atoms with Crippen molar-refractivity contribution in [1.82, 2.24) is 14.8 Å². The Morgan fingerprint density at radius 2 is 1.70 bits per heavy atom. The standard InChI is InChI=1S/C19H22N4/c1-2-3-7-17-10-12-19(13-11-17)23(16-22-15-20-14-21-22)18-8-5-4-6-9-18/h4-6,8-15H,2-3,7,16H2,1H3. The molecule has 0 aliphatic carbocycles. The van der Waals surface area contributed by atoms with Gasteiger partial charge in [-0.15, -0.1) is 0 Å². The Bertz CT molecular complexity index is 690. The third-order valence-corrected chi connectivity index (χ3v) is 3.89. The molecule has 0 aliphatic heterocycles. The van der Waals surface area contributed by atoms with Gasteiger partial charge in [0.05, 0.1) is 0 Å². The fourth-order valence-corrected chi connectivity index (χ4v) is 2.59. The van der Waals surface area contributed by atoms with Gasteiger partial charge in [-0.1, -0.05) is 43.7 Å². The number of benzene rings is 2. The summed E-state index contributed by atoms with van der Waals surface area (Å²) in [5, 5.41) is 4.23. The van der Waals surface area contributed by atoms with E-state index in [0.717, 1.165) is 17.8 Å².